The molecule has 0 radical (unpaired) electrons. The Bertz CT molecular complexity index is 190. The first-order valence-corrected chi connectivity index (χ1v) is 6.71. The van der Waals surface area contributed by atoms with Crippen molar-refractivity contribution in [1.82, 2.24) is 10.2 Å². The van der Waals surface area contributed by atoms with E-state index in [0.29, 0.717) is 6.04 Å². The Kier molecular flexibility index (Phi) is 7.77. The van der Waals surface area contributed by atoms with Crippen molar-refractivity contribution in [2.45, 2.75) is 37.8 Å². The van der Waals surface area contributed by atoms with Crippen LogP contribution in [0.1, 0.15) is 25.7 Å². The van der Waals surface area contributed by atoms with E-state index in [1.165, 1.54) is 19.3 Å². The molecule has 0 aromatic rings. The first kappa shape index (κ1) is 14.9. The Labute approximate surface area is 106 Å². The molecule has 2 atom stereocenters. The summed E-state index contributed by atoms with van der Waals surface area (Å²) in [7, 11) is 5.61. The van der Waals surface area contributed by atoms with Gasteiger partial charge in [-0.05, 0) is 32.7 Å². The molecule has 0 amide bonds. The van der Waals surface area contributed by atoms with E-state index in [9.17, 15) is 0 Å². The zero-order valence-electron chi connectivity index (χ0n) is 11.6. The van der Waals surface area contributed by atoms with Gasteiger partial charge in [0.05, 0.1) is 6.61 Å². The normalized spacial score (nSPS) is 24.7. The molecule has 17 heavy (non-hydrogen) atoms. The highest BCUT2D eigenvalue weighted by Crippen LogP contribution is 2.24. The van der Waals surface area contributed by atoms with Crippen molar-refractivity contribution in [3.8, 4) is 0 Å². The van der Waals surface area contributed by atoms with E-state index in [4.69, 9.17) is 9.47 Å². The van der Waals surface area contributed by atoms with Crippen molar-refractivity contribution < 1.29 is 9.47 Å². The van der Waals surface area contributed by atoms with E-state index in [1.54, 1.807) is 14.2 Å². The fourth-order valence-corrected chi connectivity index (χ4v) is 2.65. The molecule has 1 aliphatic carbocycles. The van der Waals surface area contributed by atoms with E-state index in [2.05, 4.69) is 17.3 Å². The molecule has 0 saturated heterocycles. The summed E-state index contributed by atoms with van der Waals surface area (Å²) >= 11 is 0. The third-order valence-corrected chi connectivity index (χ3v) is 3.71. The fourth-order valence-electron chi connectivity index (χ4n) is 2.65. The molecule has 0 heterocycles. The summed E-state index contributed by atoms with van der Waals surface area (Å²) in [4.78, 5) is 2.57. The Morgan fingerprint density at radius 2 is 1.88 bits per heavy atom. The number of hydrogen-bond donors (Lipinski definition) is 1. The predicted molar refractivity (Wildman–Crippen MR) is 70.4 cm³/mol. The Morgan fingerprint density at radius 3 is 2.47 bits per heavy atom. The molecule has 1 N–H and O–H groups in total. The van der Waals surface area contributed by atoms with E-state index in [-0.39, 0.29) is 0 Å². The van der Waals surface area contributed by atoms with Gasteiger partial charge in [0, 0.05) is 46.0 Å². The summed E-state index contributed by atoms with van der Waals surface area (Å²) in [6.07, 6.45) is 4.99. The van der Waals surface area contributed by atoms with Gasteiger partial charge in [-0.1, -0.05) is 0 Å². The Balaban J connectivity index is 2.33. The largest absolute Gasteiger partial charge is 0.385 e. The molecule has 1 fully saturated rings. The van der Waals surface area contributed by atoms with Crippen molar-refractivity contribution in [2.75, 3.05) is 47.6 Å². The van der Waals surface area contributed by atoms with Gasteiger partial charge in [-0.15, -0.1) is 0 Å². The minimum atomic E-state index is 0.701. The fraction of sp³-hybridized carbons (Fsp3) is 1.00. The average Bonchev–Trinajstić information content (AvgIpc) is 2.82. The van der Waals surface area contributed by atoms with Gasteiger partial charge >= 0.3 is 0 Å². The molecule has 1 aliphatic rings. The Morgan fingerprint density at radius 1 is 1.12 bits per heavy atom. The van der Waals surface area contributed by atoms with Crippen LogP contribution in [0.4, 0.5) is 0 Å². The van der Waals surface area contributed by atoms with Gasteiger partial charge in [0.2, 0.25) is 0 Å². The first-order chi connectivity index (χ1) is 8.31. The van der Waals surface area contributed by atoms with Crippen LogP contribution in [-0.4, -0.2) is 64.6 Å². The Hall–Kier alpha value is -0.160. The van der Waals surface area contributed by atoms with Gasteiger partial charge in [0.25, 0.3) is 0 Å². The van der Waals surface area contributed by atoms with Crippen LogP contribution in [0, 0.1) is 0 Å². The summed E-state index contributed by atoms with van der Waals surface area (Å²) in [5.74, 6) is 0. The van der Waals surface area contributed by atoms with Crippen molar-refractivity contribution in [3.05, 3.63) is 0 Å². The van der Waals surface area contributed by atoms with E-state index >= 15 is 0 Å². The van der Waals surface area contributed by atoms with Crippen molar-refractivity contribution >= 4 is 0 Å². The molecule has 4 nitrogen and oxygen atoms in total. The van der Waals surface area contributed by atoms with Crippen LogP contribution < -0.4 is 5.32 Å². The lowest BCUT2D eigenvalue weighted by Gasteiger charge is -2.28. The van der Waals surface area contributed by atoms with Gasteiger partial charge in [-0.2, -0.15) is 0 Å². The highest BCUT2D eigenvalue weighted by molar-refractivity contribution is 4.86. The SMILES string of the molecule is CNC1CCC(N(CCCOC)CCOC)C1. The molecule has 2 unspecified atom stereocenters. The summed E-state index contributed by atoms with van der Waals surface area (Å²) < 4.78 is 10.3. The third kappa shape index (κ3) is 5.34. The number of nitrogens with one attached hydrogen (secondary N) is 1. The van der Waals surface area contributed by atoms with Crippen LogP contribution in [0.3, 0.4) is 0 Å². The molecule has 0 spiro atoms. The van der Waals surface area contributed by atoms with Crippen molar-refractivity contribution in [3.63, 3.8) is 0 Å². The summed E-state index contributed by atoms with van der Waals surface area (Å²) in [5, 5.41) is 3.39. The lowest BCUT2D eigenvalue weighted by atomic mass is 10.2. The monoisotopic (exact) mass is 244 g/mol. The number of nitrogens with zero attached hydrogens (tertiary/aromatic N) is 1. The molecule has 0 aliphatic heterocycles. The van der Waals surface area contributed by atoms with Crippen LogP contribution in [0.15, 0.2) is 0 Å². The summed E-state index contributed by atoms with van der Waals surface area (Å²) in [6.45, 7) is 3.85. The minimum Gasteiger partial charge on any atom is -0.385 e. The average molecular weight is 244 g/mol. The van der Waals surface area contributed by atoms with Crippen LogP contribution in [0.25, 0.3) is 0 Å². The zero-order valence-corrected chi connectivity index (χ0v) is 11.6. The number of methoxy groups -OCH3 is 2. The van der Waals surface area contributed by atoms with Crippen LogP contribution in [-0.2, 0) is 9.47 Å². The second kappa shape index (κ2) is 8.86. The lowest BCUT2D eigenvalue weighted by Crippen LogP contribution is -2.38. The molecule has 0 aromatic heterocycles. The van der Waals surface area contributed by atoms with Crippen molar-refractivity contribution in [1.29, 1.82) is 0 Å². The van der Waals surface area contributed by atoms with E-state index in [1.807, 2.05) is 0 Å². The molecule has 0 aromatic carbocycles. The second-order valence-corrected chi connectivity index (χ2v) is 4.83. The van der Waals surface area contributed by atoms with E-state index in [0.717, 1.165) is 38.8 Å². The summed E-state index contributed by atoms with van der Waals surface area (Å²) in [6, 6.07) is 1.42. The van der Waals surface area contributed by atoms with Gasteiger partial charge in [0.15, 0.2) is 0 Å². The molecule has 102 valence electrons. The summed E-state index contributed by atoms with van der Waals surface area (Å²) in [5.41, 5.74) is 0. The van der Waals surface area contributed by atoms with Gasteiger partial charge in [-0.25, -0.2) is 0 Å². The van der Waals surface area contributed by atoms with Gasteiger partial charge in [-0.3, -0.25) is 4.90 Å². The number of ether oxygens (including phenoxy) is 2. The quantitative estimate of drug-likeness (QED) is 0.616. The van der Waals surface area contributed by atoms with Gasteiger partial charge in [0.1, 0.15) is 0 Å². The maximum absolute atomic E-state index is 5.20. The third-order valence-electron chi connectivity index (χ3n) is 3.71. The minimum absolute atomic E-state index is 0.701. The maximum Gasteiger partial charge on any atom is 0.0589 e. The standard InChI is InChI=1S/C13H28N2O2/c1-14-12-5-6-13(11-12)15(8-10-17-3)7-4-9-16-2/h12-14H,4-11H2,1-3H3. The van der Waals surface area contributed by atoms with Gasteiger partial charge < -0.3 is 14.8 Å². The molecule has 1 rings (SSSR count). The highest BCUT2D eigenvalue weighted by atomic mass is 16.5. The maximum atomic E-state index is 5.20. The van der Waals surface area contributed by atoms with Crippen LogP contribution in [0.2, 0.25) is 0 Å². The molecule has 1 saturated carbocycles. The van der Waals surface area contributed by atoms with Crippen molar-refractivity contribution in [2.24, 2.45) is 0 Å². The highest BCUT2D eigenvalue weighted by Gasteiger charge is 2.27. The smallest absolute Gasteiger partial charge is 0.0589 e. The van der Waals surface area contributed by atoms with Crippen LogP contribution >= 0.6 is 0 Å². The first-order valence-electron chi connectivity index (χ1n) is 6.71. The second-order valence-electron chi connectivity index (χ2n) is 4.83. The number of rotatable bonds is 9. The molecular formula is C13H28N2O2. The van der Waals surface area contributed by atoms with Crippen LogP contribution in [0.5, 0.6) is 0 Å². The predicted octanol–water partition coefficient (Wildman–Crippen LogP) is 1.11. The molecule has 4 heteroatoms. The lowest BCUT2D eigenvalue weighted by molar-refractivity contribution is 0.107. The number of hydrogen-bond acceptors (Lipinski definition) is 4. The molecular weight excluding hydrogens is 216 g/mol. The van der Waals surface area contributed by atoms with E-state index < -0.39 is 0 Å². The molecule has 0 bridgehead atoms. The zero-order chi connectivity index (χ0) is 12.5. The topological polar surface area (TPSA) is 33.7 Å².